The van der Waals surface area contributed by atoms with Crippen LogP contribution in [0.4, 0.5) is 5.82 Å². The van der Waals surface area contributed by atoms with Crippen LogP contribution < -0.4 is 10.5 Å². The van der Waals surface area contributed by atoms with Crippen LogP contribution in [-0.4, -0.2) is 15.4 Å². The number of nitrogen functional groups attached to an aromatic ring is 1. The van der Waals surface area contributed by atoms with Crippen molar-refractivity contribution in [3.63, 3.8) is 0 Å². The Morgan fingerprint density at radius 1 is 1.42 bits per heavy atom. The van der Waals surface area contributed by atoms with E-state index < -0.39 is 0 Å². The molecular formula is C15H19N3O. The highest BCUT2D eigenvalue weighted by Crippen LogP contribution is 2.37. The van der Waals surface area contributed by atoms with Crippen LogP contribution in [0.3, 0.4) is 0 Å². The van der Waals surface area contributed by atoms with Crippen LogP contribution in [0.2, 0.25) is 0 Å². The summed E-state index contributed by atoms with van der Waals surface area (Å²) in [6.45, 7) is 6.83. The van der Waals surface area contributed by atoms with Gasteiger partial charge in [0.15, 0.2) is 0 Å². The molecule has 0 spiro atoms. The lowest BCUT2D eigenvalue weighted by Gasteiger charge is -2.18. The van der Waals surface area contributed by atoms with Crippen LogP contribution in [0.5, 0.6) is 5.75 Å². The molecule has 0 atom stereocenters. The van der Waals surface area contributed by atoms with E-state index in [2.05, 4.69) is 37.1 Å². The van der Waals surface area contributed by atoms with E-state index in [-0.39, 0.29) is 5.60 Å². The molecule has 0 saturated carbocycles. The average Bonchev–Trinajstić information content (AvgIpc) is 2.78. The molecule has 3 rings (SSSR count). The summed E-state index contributed by atoms with van der Waals surface area (Å²) in [7, 11) is 0. The molecule has 4 nitrogen and oxygen atoms in total. The maximum absolute atomic E-state index is 6.06. The molecule has 4 heteroatoms. The van der Waals surface area contributed by atoms with Crippen LogP contribution in [0.15, 0.2) is 24.3 Å². The zero-order valence-electron chi connectivity index (χ0n) is 11.6. The van der Waals surface area contributed by atoms with Gasteiger partial charge >= 0.3 is 0 Å². The average molecular weight is 257 g/mol. The highest BCUT2D eigenvalue weighted by molar-refractivity contribution is 5.46. The summed E-state index contributed by atoms with van der Waals surface area (Å²) in [6, 6.07) is 8.17. The first-order valence-electron chi connectivity index (χ1n) is 6.54. The fourth-order valence-corrected chi connectivity index (χ4v) is 2.66. The molecule has 0 amide bonds. The summed E-state index contributed by atoms with van der Waals surface area (Å²) < 4.78 is 7.88. The molecule has 0 aliphatic carbocycles. The number of hydrogen-bond acceptors (Lipinski definition) is 3. The molecular weight excluding hydrogens is 238 g/mol. The SMILES string of the molecule is Cc1cc(N)n(Cc2cccc3c2OC(C)(C)C3)n1. The molecule has 1 aromatic carbocycles. The molecule has 100 valence electrons. The van der Waals surface area contributed by atoms with Gasteiger partial charge < -0.3 is 10.5 Å². The molecule has 1 aromatic heterocycles. The highest BCUT2D eigenvalue weighted by atomic mass is 16.5. The lowest BCUT2D eigenvalue weighted by atomic mass is 10.0. The number of nitrogens with zero attached hydrogens (tertiary/aromatic N) is 2. The van der Waals surface area contributed by atoms with Crippen LogP contribution in [0, 0.1) is 6.92 Å². The molecule has 0 bridgehead atoms. The summed E-state index contributed by atoms with van der Waals surface area (Å²) >= 11 is 0. The first-order chi connectivity index (χ1) is 8.94. The number of nitrogens with two attached hydrogens (primary N) is 1. The maximum atomic E-state index is 6.06. The fourth-order valence-electron chi connectivity index (χ4n) is 2.66. The Morgan fingerprint density at radius 3 is 2.89 bits per heavy atom. The number of fused-ring (bicyclic) bond motifs is 1. The van der Waals surface area contributed by atoms with Gasteiger partial charge in [-0.3, -0.25) is 0 Å². The summed E-state index contributed by atoms with van der Waals surface area (Å²) in [5.74, 6) is 1.69. The van der Waals surface area contributed by atoms with Crippen LogP contribution in [-0.2, 0) is 13.0 Å². The zero-order valence-corrected chi connectivity index (χ0v) is 11.6. The minimum absolute atomic E-state index is 0.121. The number of hydrogen-bond donors (Lipinski definition) is 1. The van der Waals surface area contributed by atoms with Crippen molar-refractivity contribution in [3.05, 3.63) is 41.1 Å². The lowest BCUT2D eigenvalue weighted by Crippen LogP contribution is -2.25. The highest BCUT2D eigenvalue weighted by Gasteiger charge is 2.31. The predicted octanol–water partition coefficient (Wildman–Crippen LogP) is 2.54. The van der Waals surface area contributed by atoms with Gasteiger partial charge in [-0.2, -0.15) is 5.10 Å². The standard InChI is InChI=1S/C15H19N3O/c1-10-7-13(16)18(17-10)9-12-6-4-5-11-8-15(2,3)19-14(11)12/h4-7H,8-9,16H2,1-3H3. The van der Waals surface area contributed by atoms with Crippen molar-refractivity contribution in [2.24, 2.45) is 0 Å². The first kappa shape index (κ1) is 12.1. The number of rotatable bonds is 2. The molecule has 2 aromatic rings. The molecule has 0 unspecified atom stereocenters. The third-order valence-corrected chi connectivity index (χ3v) is 3.43. The second-order valence-electron chi connectivity index (χ2n) is 5.81. The van der Waals surface area contributed by atoms with E-state index >= 15 is 0 Å². The Morgan fingerprint density at radius 2 is 2.21 bits per heavy atom. The number of para-hydroxylation sites is 1. The minimum Gasteiger partial charge on any atom is -0.487 e. The molecule has 2 N–H and O–H groups in total. The first-order valence-corrected chi connectivity index (χ1v) is 6.54. The van der Waals surface area contributed by atoms with Crippen molar-refractivity contribution in [3.8, 4) is 5.75 Å². The summed E-state index contributed by atoms with van der Waals surface area (Å²) in [6.07, 6.45) is 0.948. The van der Waals surface area contributed by atoms with E-state index in [0.717, 1.165) is 23.4 Å². The Labute approximate surface area is 113 Å². The molecule has 0 radical (unpaired) electrons. The quantitative estimate of drug-likeness (QED) is 0.899. The molecule has 1 aliphatic heterocycles. The molecule has 0 fully saturated rings. The number of ether oxygens (including phenoxy) is 1. The van der Waals surface area contributed by atoms with Gasteiger partial charge in [-0.1, -0.05) is 18.2 Å². The summed E-state index contributed by atoms with van der Waals surface area (Å²) in [4.78, 5) is 0. The van der Waals surface area contributed by atoms with Gasteiger partial charge in [0, 0.05) is 18.1 Å². The Hall–Kier alpha value is -1.97. The second kappa shape index (κ2) is 4.02. The third kappa shape index (κ3) is 2.18. The van der Waals surface area contributed by atoms with E-state index in [4.69, 9.17) is 10.5 Å². The Kier molecular flexibility index (Phi) is 2.55. The van der Waals surface area contributed by atoms with Gasteiger partial charge in [0.25, 0.3) is 0 Å². The Bertz CT molecular complexity index is 628. The lowest BCUT2D eigenvalue weighted by molar-refractivity contribution is 0.137. The van der Waals surface area contributed by atoms with E-state index in [0.29, 0.717) is 12.4 Å². The zero-order chi connectivity index (χ0) is 13.6. The smallest absolute Gasteiger partial charge is 0.128 e. The predicted molar refractivity (Wildman–Crippen MR) is 75.3 cm³/mol. The van der Waals surface area contributed by atoms with Gasteiger partial charge in [0.05, 0.1) is 12.2 Å². The van der Waals surface area contributed by atoms with Crippen molar-refractivity contribution in [2.45, 2.75) is 39.3 Å². The van der Waals surface area contributed by atoms with E-state index in [1.807, 2.05) is 17.7 Å². The van der Waals surface area contributed by atoms with Crippen molar-refractivity contribution in [2.75, 3.05) is 5.73 Å². The normalized spacial score (nSPS) is 16.2. The van der Waals surface area contributed by atoms with Crippen LogP contribution >= 0.6 is 0 Å². The second-order valence-corrected chi connectivity index (χ2v) is 5.81. The van der Waals surface area contributed by atoms with Gasteiger partial charge in [-0.15, -0.1) is 0 Å². The van der Waals surface area contributed by atoms with Gasteiger partial charge in [-0.25, -0.2) is 4.68 Å². The van der Waals surface area contributed by atoms with E-state index in [9.17, 15) is 0 Å². The number of anilines is 1. The minimum atomic E-state index is -0.121. The van der Waals surface area contributed by atoms with E-state index in [1.54, 1.807) is 0 Å². The van der Waals surface area contributed by atoms with Gasteiger partial charge in [0.2, 0.25) is 0 Å². The number of aromatic nitrogens is 2. The third-order valence-electron chi connectivity index (χ3n) is 3.43. The van der Waals surface area contributed by atoms with Crippen molar-refractivity contribution >= 4 is 5.82 Å². The number of benzene rings is 1. The van der Waals surface area contributed by atoms with Crippen molar-refractivity contribution < 1.29 is 4.74 Å². The largest absolute Gasteiger partial charge is 0.487 e. The maximum Gasteiger partial charge on any atom is 0.128 e. The molecule has 19 heavy (non-hydrogen) atoms. The fraction of sp³-hybridized carbons (Fsp3) is 0.400. The molecule has 2 heterocycles. The summed E-state index contributed by atoms with van der Waals surface area (Å²) in [5.41, 5.74) is 9.17. The van der Waals surface area contributed by atoms with Gasteiger partial charge in [0.1, 0.15) is 17.2 Å². The van der Waals surface area contributed by atoms with Crippen LogP contribution in [0.25, 0.3) is 0 Å². The monoisotopic (exact) mass is 257 g/mol. The molecule has 1 aliphatic rings. The molecule has 0 saturated heterocycles. The summed E-state index contributed by atoms with van der Waals surface area (Å²) in [5, 5.41) is 4.40. The van der Waals surface area contributed by atoms with E-state index in [1.165, 1.54) is 5.56 Å². The van der Waals surface area contributed by atoms with Crippen molar-refractivity contribution in [1.82, 2.24) is 9.78 Å². The topological polar surface area (TPSA) is 53.1 Å². The van der Waals surface area contributed by atoms with Crippen molar-refractivity contribution in [1.29, 1.82) is 0 Å². The van der Waals surface area contributed by atoms with Crippen LogP contribution in [0.1, 0.15) is 30.7 Å². The van der Waals surface area contributed by atoms with Gasteiger partial charge in [-0.05, 0) is 26.3 Å². The number of aryl methyl sites for hydroxylation is 1. The Balaban J connectivity index is 1.96.